The molecule has 150 valence electrons. The molecule has 0 radical (unpaired) electrons. The van der Waals surface area contributed by atoms with Crippen molar-refractivity contribution in [3.8, 4) is 0 Å². The third-order valence-corrected chi connectivity index (χ3v) is 5.92. The summed E-state index contributed by atoms with van der Waals surface area (Å²) < 4.78 is 18.4. The zero-order valence-corrected chi connectivity index (χ0v) is 16.3. The Morgan fingerprint density at radius 3 is 2.28 bits per heavy atom. The van der Waals surface area contributed by atoms with Crippen molar-refractivity contribution in [2.75, 3.05) is 12.0 Å². The van der Waals surface area contributed by atoms with E-state index in [0.29, 0.717) is 11.3 Å². The standard InChI is InChI=1S/C22H21FN2O4/c1-12-4-10-15(11-5-12)25-19(26)16-17(20(25)27)22(2,21(28)29-3)24-18(16)13-6-8-14(23)9-7-13/h4-11,16-18,24H,1-3H3/t16-,17+,18+,22+/m0/s1. The van der Waals surface area contributed by atoms with Gasteiger partial charge in [0.1, 0.15) is 11.4 Å². The molecule has 2 aliphatic heterocycles. The summed E-state index contributed by atoms with van der Waals surface area (Å²) in [7, 11) is 1.24. The van der Waals surface area contributed by atoms with Crippen LogP contribution in [-0.4, -0.2) is 30.4 Å². The lowest BCUT2D eigenvalue weighted by atomic mass is 9.80. The van der Waals surface area contributed by atoms with Crippen LogP contribution in [0.4, 0.5) is 10.1 Å². The van der Waals surface area contributed by atoms with E-state index in [-0.39, 0.29) is 0 Å². The maximum atomic E-state index is 13.4. The van der Waals surface area contributed by atoms with Gasteiger partial charge in [-0.3, -0.25) is 19.7 Å². The van der Waals surface area contributed by atoms with E-state index in [4.69, 9.17) is 4.74 Å². The number of imide groups is 1. The summed E-state index contributed by atoms with van der Waals surface area (Å²) in [5.41, 5.74) is 0.703. The Balaban J connectivity index is 1.81. The van der Waals surface area contributed by atoms with Crippen LogP contribution in [0.1, 0.15) is 24.1 Å². The second-order valence-electron chi connectivity index (χ2n) is 7.72. The summed E-state index contributed by atoms with van der Waals surface area (Å²) in [6.07, 6.45) is 0. The van der Waals surface area contributed by atoms with Crippen molar-refractivity contribution in [1.29, 1.82) is 0 Å². The molecule has 7 heteroatoms. The van der Waals surface area contributed by atoms with Gasteiger partial charge in [-0.1, -0.05) is 29.8 Å². The Hall–Kier alpha value is -3.06. The number of hydrogen-bond acceptors (Lipinski definition) is 5. The van der Waals surface area contributed by atoms with Crippen molar-refractivity contribution in [2.24, 2.45) is 11.8 Å². The molecule has 2 heterocycles. The van der Waals surface area contributed by atoms with Crippen molar-refractivity contribution >= 4 is 23.5 Å². The highest BCUT2D eigenvalue weighted by Gasteiger charge is 2.67. The largest absolute Gasteiger partial charge is 0.468 e. The Kier molecular flexibility index (Phi) is 4.50. The molecule has 2 amide bonds. The number of esters is 1. The fourth-order valence-corrected chi connectivity index (χ4v) is 4.44. The highest BCUT2D eigenvalue weighted by molar-refractivity contribution is 6.24. The zero-order valence-electron chi connectivity index (χ0n) is 16.3. The SMILES string of the molecule is COC(=O)[C@]1(C)N[C@H](c2ccc(F)cc2)[C@H]2C(=O)N(c3ccc(C)cc3)C(=O)[C@@H]21. The third-order valence-electron chi connectivity index (χ3n) is 5.92. The van der Waals surface area contributed by atoms with Crippen LogP contribution in [0.15, 0.2) is 48.5 Å². The van der Waals surface area contributed by atoms with Gasteiger partial charge in [-0.2, -0.15) is 0 Å². The van der Waals surface area contributed by atoms with E-state index in [9.17, 15) is 18.8 Å². The smallest absolute Gasteiger partial charge is 0.326 e. The molecular weight excluding hydrogens is 375 g/mol. The molecule has 4 atom stereocenters. The van der Waals surface area contributed by atoms with E-state index in [1.165, 1.54) is 19.2 Å². The summed E-state index contributed by atoms with van der Waals surface area (Å²) >= 11 is 0. The molecule has 2 aromatic carbocycles. The molecule has 0 unspecified atom stereocenters. The van der Waals surface area contributed by atoms with Crippen molar-refractivity contribution < 1.29 is 23.5 Å². The van der Waals surface area contributed by atoms with Gasteiger partial charge in [0, 0.05) is 6.04 Å². The van der Waals surface area contributed by atoms with E-state index in [1.54, 1.807) is 31.2 Å². The second-order valence-corrected chi connectivity index (χ2v) is 7.72. The van der Waals surface area contributed by atoms with Crippen LogP contribution in [0.25, 0.3) is 0 Å². The van der Waals surface area contributed by atoms with Gasteiger partial charge in [0.25, 0.3) is 0 Å². The van der Waals surface area contributed by atoms with E-state index >= 15 is 0 Å². The first-order chi connectivity index (χ1) is 13.8. The molecule has 4 rings (SSSR count). The fourth-order valence-electron chi connectivity index (χ4n) is 4.44. The minimum atomic E-state index is -1.38. The molecule has 6 nitrogen and oxygen atoms in total. The van der Waals surface area contributed by atoms with Crippen molar-refractivity contribution in [1.82, 2.24) is 5.32 Å². The quantitative estimate of drug-likeness (QED) is 0.637. The summed E-state index contributed by atoms with van der Waals surface area (Å²) in [6, 6.07) is 12.1. The first-order valence-electron chi connectivity index (χ1n) is 9.34. The Morgan fingerprint density at radius 1 is 1.07 bits per heavy atom. The number of aryl methyl sites for hydroxylation is 1. The minimum absolute atomic E-state index is 0.390. The number of nitrogens with zero attached hydrogens (tertiary/aromatic N) is 1. The van der Waals surface area contributed by atoms with Gasteiger partial charge in [0.15, 0.2) is 0 Å². The van der Waals surface area contributed by atoms with E-state index in [1.807, 2.05) is 19.1 Å². The number of carbonyl (C=O) groups excluding carboxylic acids is 3. The summed E-state index contributed by atoms with van der Waals surface area (Å²) in [4.78, 5) is 40.5. The normalized spacial score (nSPS) is 28.6. The Morgan fingerprint density at radius 2 is 1.69 bits per heavy atom. The van der Waals surface area contributed by atoms with Gasteiger partial charge in [-0.05, 0) is 43.7 Å². The number of hydrogen-bond donors (Lipinski definition) is 1. The zero-order chi connectivity index (χ0) is 20.9. The van der Waals surface area contributed by atoms with Crippen LogP contribution in [0.2, 0.25) is 0 Å². The lowest BCUT2D eigenvalue weighted by molar-refractivity contribution is -0.151. The number of methoxy groups -OCH3 is 1. The molecule has 0 saturated carbocycles. The predicted molar refractivity (Wildman–Crippen MR) is 103 cm³/mol. The van der Waals surface area contributed by atoms with E-state index in [0.717, 1.165) is 10.5 Å². The van der Waals surface area contributed by atoms with Crippen LogP contribution in [0.3, 0.4) is 0 Å². The number of fused-ring (bicyclic) bond motifs is 1. The summed E-state index contributed by atoms with van der Waals surface area (Å²) in [5, 5.41) is 3.13. The number of ether oxygens (including phenoxy) is 1. The number of amides is 2. The topological polar surface area (TPSA) is 75.7 Å². The number of benzene rings is 2. The maximum Gasteiger partial charge on any atom is 0.326 e. The molecule has 29 heavy (non-hydrogen) atoms. The number of nitrogens with one attached hydrogen (secondary N) is 1. The minimum Gasteiger partial charge on any atom is -0.468 e. The van der Waals surface area contributed by atoms with Crippen LogP contribution >= 0.6 is 0 Å². The molecule has 2 fully saturated rings. The number of carbonyl (C=O) groups is 3. The summed E-state index contributed by atoms with van der Waals surface area (Å²) in [6.45, 7) is 3.48. The predicted octanol–water partition coefficient (Wildman–Crippen LogP) is 2.52. The number of halogens is 1. The molecule has 0 bridgehead atoms. The van der Waals surface area contributed by atoms with E-state index in [2.05, 4.69) is 5.32 Å². The third kappa shape index (κ3) is 2.84. The molecule has 0 spiro atoms. The van der Waals surface area contributed by atoms with Crippen LogP contribution in [-0.2, 0) is 19.1 Å². The van der Waals surface area contributed by atoms with Gasteiger partial charge in [0.2, 0.25) is 11.8 Å². The molecule has 2 saturated heterocycles. The van der Waals surface area contributed by atoms with Crippen LogP contribution in [0.5, 0.6) is 0 Å². The Bertz CT molecular complexity index is 989. The first-order valence-corrected chi connectivity index (χ1v) is 9.34. The fraction of sp³-hybridized carbons (Fsp3) is 0.318. The monoisotopic (exact) mass is 396 g/mol. The molecule has 2 aromatic rings. The number of anilines is 1. The average Bonchev–Trinajstić information content (AvgIpc) is 3.17. The molecular formula is C22H21FN2O4. The van der Waals surface area contributed by atoms with Crippen molar-refractivity contribution in [3.05, 3.63) is 65.5 Å². The molecule has 1 N–H and O–H groups in total. The highest BCUT2D eigenvalue weighted by Crippen LogP contribution is 2.49. The van der Waals surface area contributed by atoms with E-state index < -0.39 is 47.0 Å². The van der Waals surface area contributed by atoms with Crippen molar-refractivity contribution in [3.63, 3.8) is 0 Å². The van der Waals surface area contributed by atoms with Gasteiger partial charge < -0.3 is 4.74 Å². The van der Waals surface area contributed by atoms with Crippen molar-refractivity contribution in [2.45, 2.75) is 25.4 Å². The molecule has 0 aliphatic carbocycles. The Labute approximate surface area is 167 Å². The van der Waals surface area contributed by atoms with Gasteiger partial charge >= 0.3 is 5.97 Å². The highest BCUT2D eigenvalue weighted by atomic mass is 19.1. The van der Waals surface area contributed by atoms with Gasteiger partial charge in [0.05, 0.1) is 24.6 Å². The molecule has 0 aromatic heterocycles. The number of rotatable bonds is 3. The second kappa shape index (κ2) is 6.77. The van der Waals surface area contributed by atoms with Crippen LogP contribution in [0, 0.1) is 24.6 Å². The maximum absolute atomic E-state index is 13.4. The lowest BCUT2D eigenvalue weighted by Crippen LogP contribution is -2.54. The first kappa shape index (κ1) is 19.3. The molecule has 2 aliphatic rings. The summed E-state index contributed by atoms with van der Waals surface area (Å²) in [5.74, 6) is -3.61. The lowest BCUT2D eigenvalue weighted by Gasteiger charge is -2.28. The van der Waals surface area contributed by atoms with Gasteiger partial charge in [-0.15, -0.1) is 0 Å². The van der Waals surface area contributed by atoms with Crippen LogP contribution < -0.4 is 10.2 Å². The average molecular weight is 396 g/mol. The van der Waals surface area contributed by atoms with Gasteiger partial charge in [-0.25, -0.2) is 9.29 Å².